The van der Waals surface area contributed by atoms with E-state index in [9.17, 15) is 13.2 Å². The number of carbonyl (C=O) groups is 1. The summed E-state index contributed by atoms with van der Waals surface area (Å²) in [6.07, 6.45) is 4.05. The second-order valence-corrected chi connectivity index (χ2v) is 8.56. The SMILES string of the molecule is Cc1ccc(S(=O)(=O)NC[C@H]2C(=O)C[C@]3(C)C=C[C@@]2(C)O3)cc1. The Morgan fingerprint density at radius 3 is 2.52 bits per heavy atom. The second-order valence-electron chi connectivity index (χ2n) is 6.79. The van der Waals surface area contributed by atoms with Gasteiger partial charge < -0.3 is 4.74 Å². The number of hydrogen-bond acceptors (Lipinski definition) is 4. The Balaban J connectivity index is 1.76. The van der Waals surface area contributed by atoms with E-state index in [0.29, 0.717) is 0 Å². The molecule has 0 amide bonds. The van der Waals surface area contributed by atoms with Crippen LogP contribution in [0.5, 0.6) is 0 Å². The topological polar surface area (TPSA) is 72.5 Å². The maximum atomic E-state index is 12.4. The van der Waals surface area contributed by atoms with Gasteiger partial charge in [0.2, 0.25) is 10.0 Å². The predicted octanol–water partition coefficient (Wildman–Crippen LogP) is 1.97. The Kier molecular flexibility index (Phi) is 3.74. The minimum absolute atomic E-state index is 0.0258. The molecule has 2 aliphatic heterocycles. The molecule has 1 fully saturated rings. The minimum Gasteiger partial charge on any atom is -0.360 e. The Morgan fingerprint density at radius 1 is 1.22 bits per heavy atom. The van der Waals surface area contributed by atoms with E-state index in [1.54, 1.807) is 24.3 Å². The molecule has 5 nitrogen and oxygen atoms in total. The maximum absolute atomic E-state index is 12.4. The normalized spacial score (nSPS) is 33.2. The summed E-state index contributed by atoms with van der Waals surface area (Å²) in [5, 5.41) is 0. The van der Waals surface area contributed by atoms with Crippen molar-refractivity contribution < 1.29 is 17.9 Å². The quantitative estimate of drug-likeness (QED) is 0.854. The van der Waals surface area contributed by atoms with E-state index in [1.165, 1.54) is 0 Å². The van der Waals surface area contributed by atoms with Crippen molar-refractivity contribution >= 4 is 15.8 Å². The standard InChI is InChI=1S/C17H21NO4S/c1-12-4-6-13(7-5-12)23(20,21)18-11-14-15(19)10-16(2)8-9-17(14,3)22-16/h4-9,14,18H,10-11H2,1-3H3/t14-,16-,17+/m0/s1. The van der Waals surface area contributed by atoms with E-state index in [-0.39, 0.29) is 23.6 Å². The molecule has 23 heavy (non-hydrogen) atoms. The van der Waals surface area contributed by atoms with Crippen LogP contribution in [-0.4, -0.2) is 31.9 Å². The highest BCUT2D eigenvalue weighted by atomic mass is 32.2. The van der Waals surface area contributed by atoms with E-state index >= 15 is 0 Å². The third-order valence-electron chi connectivity index (χ3n) is 4.63. The molecule has 2 heterocycles. The van der Waals surface area contributed by atoms with Gasteiger partial charge in [-0.1, -0.05) is 29.8 Å². The first-order valence-electron chi connectivity index (χ1n) is 7.63. The first kappa shape index (κ1) is 16.4. The van der Waals surface area contributed by atoms with Gasteiger partial charge in [-0.2, -0.15) is 0 Å². The summed E-state index contributed by atoms with van der Waals surface area (Å²) in [6.45, 7) is 5.63. The molecule has 0 unspecified atom stereocenters. The van der Waals surface area contributed by atoms with Crippen molar-refractivity contribution in [3.8, 4) is 0 Å². The molecule has 2 aliphatic rings. The van der Waals surface area contributed by atoms with Gasteiger partial charge in [0.25, 0.3) is 0 Å². The molecule has 124 valence electrons. The van der Waals surface area contributed by atoms with Crippen LogP contribution in [0.3, 0.4) is 0 Å². The molecule has 0 aliphatic carbocycles. The van der Waals surface area contributed by atoms with Gasteiger partial charge in [-0.25, -0.2) is 13.1 Å². The number of hydrogen-bond donors (Lipinski definition) is 1. The zero-order valence-electron chi connectivity index (χ0n) is 13.5. The average molecular weight is 335 g/mol. The maximum Gasteiger partial charge on any atom is 0.240 e. The number of Topliss-reactive ketones (excluding diaryl/α,β-unsaturated/α-hetero) is 1. The zero-order chi connectivity index (χ0) is 16.9. The number of sulfonamides is 1. The number of nitrogens with one attached hydrogen (secondary N) is 1. The molecule has 0 spiro atoms. The molecule has 0 aromatic heterocycles. The van der Waals surface area contributed by atoms with Gasteiger partial charge in [-0.3, -0.25) is 4.79 Å². The number of benzene rings is 1. The zero-order valence-corrected chi connectivity index (χ0v) is 14.3. The summed E-state index contributed by atoms with van der Waals surface area (Å²) < 4.78 is 33.3. The first-order chi connectivity index (χ1) is 10.6. The summed E-state index contributed by atoms with van der Waals surface area (Å²) in [6, 6.07) is 6.61. The highest BCUT2D eigenvalue weighted by molar-refractivity contribution is 7.89. The van der Waals surface area contributed by atoms with Gasteiger partial charge in [-0.05, 0) is 32.9 Å². The van der Waals surface area contributed by atoms with Gasteiger partial charge in [-0.15, -0.1) is 0 Å². The fourth-order valence-electron chi connectivity index (χ4n) is 3.29. The number of aryl methyl sites for hydroxylation is 1. The van der Waals surface area contributed by atoms with Gasteiger partial charge in [0.05, 0.1) is 22.0 Å². The Bertz CT molecular complexity index is 768. The number of carbonyl (C=O) groups excluding carboxylic acids is 1. The van der Waals surface area contributed by atoms with Crippen LogP contribution in [0.2, 0.25) is 0 Å². The van der Waals surface area contributed by atoms with E-state index in [4.69, 9.17) is 4.74 Å². The van der Waals surface area contributed by atoms with Crippen LogP contribution in [0.4, 0.5) is 0 Å². The largest absolute Gasteiger partial charge is 0.360 e. The highest BCUT2D eigenvalue weighted by Gasteiger charge is 2.52. The lowest BCUT2D eigenvalue weighted by Crippen LogP contribution is -2.53. The van der Waals surface area contributed by atoms with Gasteiger partial charge >= 0.3 is 0 Å². The summed E-state index contributed by atoms with van der Waals surface area (Å²) >= 11 is 0. The second kappa shape index (κ2) is 5.26. The van der Waals surface area contributed by atoms with Crippen LogP contribution < -0.4 is 4.72 Å². The highest BCUT2D eigenvalue weighted by Crippen LogP contribution is 2.44. The van der Waals surface area contributed by atoms with Crippen molar-refractivity contribution in [2.45, 2.75) is 43.3 Å². The molecule has 1 aromatic rings. The Morgan fingerprint density at radius 2 is 1.87 bits per heavy atom. The monoisotopic (exact) mass is 335 g/mol. The van der Waals surface area contributed by atoms with Crippen LogP contribution >= 0.6 is 0 Å². The van der Waals surface area contributed by atoms with Crippen LogP contribution in [-0.2, 0) is 19.6 Å². The number of rotatable bonds is 4. The molecule has 1 aromatic carbocycles. The molecule has 2 bridgehead atoms. The van der Waals surface area contributed by atoms with Gasteiger partial charge in [0.1, 0.15) is 5.78 Å². The van der Waals surface area contributed by atoms with Crippen LogP contribution in [0.1, 0.15) is 25.8 Å². The summed E-state index contributed by atoms with van der Waals surface area (Å²) in [5.74, 6) is -0.493. The fourth-order valence-corrected chi connectivity index (χ4v) is 4.34. The van der Waals surface area contributed by atoms with Crippen molar-refractivity contribution in [3.63, 3.8) is 0 Å². The van der Waals surface area contributed by atoms with Crippen molar-refractivity contribution in [2.24, 2.45) is 5.92 Å². The average Bonchev–Trinajstić information content (AvgIpc) is 2.70. The van der Waals surface area contributed by atoms with E-state index < -0.39 is 27.1 Å². The third kappa shape index (κ3) is 2.98. The number of fused-ring (bicyclic) bond motifs is 2. The molecule has 3 rings (SSSR count). The van der Waals surface area contributed by atoms with E-state index in [2.05, 4.69) is 4.72 Å². The lowest BCUT2D eigenvalue weighted by atomic mass is 9.82. The predicted molar refractivity (Wildman–Crippen MR) is 86.5 cm³/mol. The molecule has 0 saturated carbocycles. The lowest BCUT2D eigenvalue weighted by Gasteiger charge is -2.41. The molecule has 1 saturated heterocycles. The Labute approximate surface area is 136 Å². The number of ether oxygens (including phenoxy) is 1. The number of ketones is 1. The van der Waals surface area contributed by atoms with Crippen LogP contribution in [0, 0.1) is 12.8 Å². The van der Waals surface area contributed by atoms with Gasteiger partial charge in [0, 0.05) is 13.0 Å². The van der Waals surface area contributed by atoms with E-state index in [0.717, 1.165) is 5.56 Å². The fraction of sp³-hybridized carbons (Fsp3) is 0.471. The van der Waals surface area contributed by atoms with Gasteiger partial charge in [0.15, 0.2) is 0 Å². The van der Waals surface area contributed by atoms with E-state index in [1.807, 2.05) is 32.9 Å². The summed E-state index contributed by atoms with van der Waals surface area (Å²) in [4.78, 5) is 12.6. The lowest BCUT2D eigenvalue weighted by molar-refractivity contribution is -0.162. The van der Waals surface area contributed by atoms with Crippen molar-refractivity contribution in [1.29, 1.82) is 0 Å². The van der Waals surface area contributed by atoms with Crippen LogP contribution in [0.15, 0.2) is 41.3 Å². The third-order valence-corrected chi connectivity index (χ3v) is 6.07. The van der Waals surface area contributed by atoms with Crippen molar-refractivity contribution in [2.75, 3.05) is 6.54 Å². The van der Waals surface area contributed by atoms with Crippen LogP contribution in [0.25, 0.3) is 0 Å². The molecule has 3 atom stereocenters. The summed E-state index contributed by atoms with van der Waals surface area (Å²) in [5.41, 5.74) is -0.319. The smallest absolute Gasteiger partial charge is 0.240 e. The minimum atomic E-state index is -3.64. The first-order valence-corrected chi connectivity index (χ1v) is 9.12. The van der Waals surface area contributed by atoms with Crippen molar-refractivity contribution in [1.82, 2.24) is 4.72 Å². The van der Waals surface area contributed by atoms with Crippen molar-refractivity contribution in [3.05, 3.63) is 42.0 Å². The molecule has 6 heteroatoms. The molecular weight excluding hydrogens is 314 g/mol. The molecule has 1 N–H and O–H groups in total. The summed E-state index contributed by atoms with van der Waals surface area (Å²) in [7, 11) is -3.64. The molecular formula is C17H21NO4S. The Hall–Kier alpha value is -1.50. The molecule has 0 radical (unpaired) electrons.